The lowest BCUT2D eigenvalue weighted by Gasteiger charge is -1.43. The fraction of sp³-hybridized carbons (Fsp3) is 0. The minimum absolute atomic E-state index is 2.04. The van der Waals surface area contributed by atoms with Crippen LogP contribution in [0, 0.1) is 0 Å². The van der Waals surface area contributed by atoms with Gasteiger partial charge in [0.05, 0.1) is 11.7 Å². The van der Waals surface area contributed by atoms with Crippen LogP contribution < -0.4 is 0 Å². The van der Waals surface area contributed by atoms with Gasteiger partial charge in [0.1, 0.15) is 0 Å². The predicted octanol–water partition coefficient (Wildman–Crippen LogP) is 1.19. The maximum Gasteiger partial charge on any atom is 0.0756 e. The van der Waals surface area contributed by atoms with E-state index >= 15 is 0 Å². The molecule has 4 heteroatoms. The van der Waals surface area contributed by atoms with Gasteiger partial charge in [-0.15, -0.1) is 9.02 Å². The van der Waals surface area contributed by atoms with Gasteiger partial charge in [-0.3, -0.25) is 0 Å². The molecule has 0 aliphatic carbocycles. The minimum atomic E-state index is 2.04. The zero-order chi connectivity index (χ0) is 4.83. The van der Waals surface area contributed by atoms with Crippen molar-refractivity contribution in [2.24, 2.45) is 9.02 Å². The normalized spacial score (nSPS) is 5.00. The summed E-state index contributed by atoms with van der Waals surface area (Å²) in [6.07, 6.45) is 0. The standard InChI is InChI=1S/C2Cl2N2/c3-5-1-2-6-4. The van der Waals surface area contributed by atoms with Crippen LogP contribution in [0.4, 0.5) is 0 Å². The SMILES string of the molecule is ClN=C=C=NCl. The summed E-state index contributed by atoms with van der Waals surface area (Å²) < 4.78 is 5.72. The summed E-state index contributed by atoms with van der Waals surface area (Å²) in [5.41, 5.74) is 0. The number of halogens is 2. The van der Waals surface area contributed by atoms with E-state index in [1.54, 1.807) is 0 Å². The summed E-state index contributed by atoms with van der Waals surface area (Å²) in [5.74, 6) is 4.08. The molecule has 0 aromatic carbocycles. The highest BCUT2D eigenvalue weighted by Gasteiger charge is 1.41. The number of hydrogen-bond donors (Lipinski definition) is 0. The molecule has 0 aliphatic rings. The smallest absolute Gasteiger partial charge is 0.0756 e. The molecule has 0 atom stereocenters. The van der Waals surface area contributed by atoms with Crippen LogP contribution in [0.2, 0.25) is 0 Å². The van der Waals surface area contributed by atoms with Crippen LogP contribution in [0.1, 0.15) is 0 Å². The van der Waals surface area contributed by atoms with Crippen LogP contribution in [0.25, 0.3) is 0 Å². The largest absolute Gasteiger partial charge is 0.123 e. The Morgan fingerprint density at radius 1 is 1.00 bits per heavy atom. The predicted molar refractivity (Wildman–Crippen MR) is 26.6 cm³/mol. The number of hydrogen-bond acceptors (Lipinski definition) is 2. The second-order valence-electron chi connectivity index (χ2n) is 0.393. The Kier molecular flexibility index (Phi) is 4.53. The molecule has 0 heterocycles. The van der Waals surface area contributed by atoms with Gasteiger partial charge in [0.25, 0.3) is 0 Å². The van der Waals surface area contributed by atoms with Crippen molar-refractivity contribution in [3.8, 4) is 0 Å². The molecule has 0 rings (SSSR count). The Morgan fingerprint density at radius 3 is 1.50 bits per heavy atom. The molecule has 2 nitrogen and oxygen atoms in total. The molecule has 0 saturated heterocycles. The first-order valence-electron chi connectivity index (χ1n) is 1.04. The van der Waals surface area contributed by atoms with Crippen molar-refractivity contribution >= 4 is 35.3 Å². The van der Waals surface area contributed by atoms with Crippen molar-refractivity contribution in [2.45, 2.75) is 0 Å². The first-order chi connectivity index (χ1) is 2.91. The Labute approximate surface area is 45.0 Å². The zero-order valence-corrected chi connectivity index (χ0v) is 4.16. The molecule has 0 amide bonds. The van der Waals surface area contributed by atoms with E-state index in [4.69, 9.17) is 23.6 Å². The third-order valence-corrected chi connectivity index (χ3v) is 0.304. The summed E-state index contributed by atoms with van der Waals surface area (Å²) in [7, 11) is 0. The van der Waals surface area contributed by atoms with Crippen molar-refractivity contribution < 1.29 is 0 Å². The van der Waals surface area contributed by atoms with E-state index in [0.717, 1.165) is 0 Å². The maximum atomic E-state index is 4.71. The molecule has 0 saturated carbocycles. The molecular formula is C2Cl2N2. The Hall–Kier alpha value is -0.260. The molecule has 0 unspecified atom stereocenters. The van der Waals surface area contributed by atoms with Gasteiger partial charge >= 0.3 is 0 Å². The van der Waals surface area contributed by atoms with Crippen molar-refractivity contribution in [3.63, 3.8) is 0 Å². The van der Waals surface area contributed by atoms with Crippen molar-refractivity contribution in [1.29, 1.82) is 0 Å². The fourth-order valence-electron chi connectivity index (χ4n) is 0.0378. The van der Waals surface area contributed by atoms with Crippen LogP contribution >= 0.6 is 23.6 Å². The molecule has 0 aliphatic heterocycles. The second-order valence-corrected chi connectivity index (χ2v) is 0.731. The van der Waals surface area contributed by atoms with E-state index in [0.29, 0.717) is 0 Å². The number of nitrogens with zero attached hydrogens (tertiary/aromatic N) is 2. The molecule has 32 valence electrons. The first kappa shape index (κ1) is 5.74. The highest BCUT2D eigenvalue weighted by Crippen LogP contribution is 1.65. The van der Waals surface area contributed by atoms with Crippen LogP contribution in [0.15, 0.2) is 9.02 Å². The molecule has 0 aromatic rings. The van der Waals surface area contributed by atoms with Crippen LogP contribution in [0.5, 0.6) is 0 Å². The van der Waals surface area contributed by atoms with Gasteiger partial charge in [-0.25, -0.2) is 0 Å². The molecule has 0 fully saturated rings. The summed E-state index contributed by atoms with van der Waals surface area (Å²) in [6, 6.07) is 0. The Balaban J connectivity index is 3.79. The molecule has 0 spiro atoms. The second kappa shape index (κ2) is 4.74. The summed E-state index contributed by atoms with van der Waals surface area (Å²) in [5, 5.41) is 0. The average molecular weight is 123 g/mol. The van der Waals surface area contributed by atoms with Crippen LogP contribution in [-0.2, 0) is 0 Å². The average Bonchev–Trinajstić information content (AvgIpc) is 1.61. The Bertz CT molecular complexity index is 92.7. The lowest BCUT2D eigenvalue weighted by molar-refractivity contribution is 1.96. The third-order valence-electron chi connectivity index (χ3n) is 0.135. The quantitative estimate of drug-likeness (QED) is 0.432. The van der Waals surface area contributed by atoms with E-state index in [1.165, 1.54) is 0 Å². The van der Waals surface area contributed by atoms with Gasteiger partial charge in [0, 0.05) is 23.6 Å². The van der Waals surface area contributed by atoms with E-state index in [1.807, 2.05) is 11.7 Å². The van der Waals surface area contributed by atoms with Gasteiger partial charge in [-0.1, -0.05) is 0 Å². The summed E-state index contributed by atoms with van der Waals surface area (Å²) in [6.45, 7) is 0. The monoisotopic (exact) mass is 122 g/mol. The lowest BCUT2D eigenvalue weighted by Crippen LogP contribution is -1.42. The van der Waals surface area contributed by atoms with Crippen molar-refractivity contribution in [2.75, 3.05) is 0 Å². The zero-order valence-electron chi connectivity index (χ0n) is 2.65. The van der Waals surface area contributed by atoms with Crippen LogP contribution in [0.3, 0.4) is 0 Å². The third kappa shape index (κ3) is 3.74. The molecule has 0 N–H and O–H groups in total. The Morgan fingerprint density at radius 2 is 1.33 bits per heavy atom. The van der Waals surface area contributed by atoms with E-state index < -0.39 is 0 Å². The van der Waals surface area contributed by atoms with E-state index in [9.17, 15) is 0 Å². The molecule has 0 bridgehead atoms. The summed E-state index contributed by atoms with van der Waals surface area (Å²) in [4.78, 5) is 0. The topological polar surface area (TPSA) is 24.7 Å². The lowest BCUT2D eigenvalue weighted by atomic mass is 11.1. The van der Waals surface area contributed by atoms with Crippen LogP contribution in [-0.4, -0.2) is 11.7 Å². The van der Waals surface area contributed by atoms with Gasteiger partial charge in [0.2, 0.25) is 0 Å². The van der Waals surface area contributed by atoms with E-state index in [-0.39, 0.29) is 0 Å². The number of rotatable bonds is 0. The van der Waals surface area contributed by atoms with Crippen molar-refractivity contribution in [1.82, 2.24) is 0 Å². The van der Waals surface area contributed by atoms with Gasteiger partial charge in [0.15, 0.2) is 0 Å². The van der Waals surface area contributed by atoms with Gasteiger partial charge in [-0.2, -0.15) is 0 Å². The fourth-order valence-corrected chi connectivity index (χ4v) is 0.113. The minimum Gasteiger partial charge on any atom is -0.123 e. The highest BCUT2D eigenvalue weighted by molar-refractivity contribution is 6.22. The molecular weight excluding hydrogens is 123 g/mol. The maximum absolute atomic E-state index is 4.71. The molecule has 6 heavy (non-hydrogen) atoms. The highest BCUT2D eigenvalue weighted by atomic mass is 35.5. The van der Waals surface area contributed by atoms with E-state index in [2.05, 4.69) is 9.02 Å². The summed E-state index contributed by atoms with van der Waals surface area (Å²) >= 11 is 9.43. The molecule has 0 radical (unpaired) electrons. The van der Waals surface area contributed by atoms with Gasteiger partial charge in [-0.05, 0) is 0 Å². The first-order valence-corrected chi connectivity index (χ1v) is 1.71. The molecule has 0 aromatic heterocycles. The van der Waals surface area contributed by atoms with Crippen molar-refractivity contribution in [3.05, 3.63) is 0 Å². The van der Waals surface area contributed by atoms with Gasteiger partial charge < -0.3 is 0 Å².